The number of nitrogens with one attached hydrogen (secondary N) is 3. The molecule has 8 heteroatoms. The van der Waals surface area contributed by atoms with E-state index >= 15 is 0 Å². The van der Waals surface area contributed by atoms with Crippen molar-refractivity contribution < 1.29 is 9.59 Å². The fourth-order valence-electron chi connectivity index (χ4n) is 3.27. The zero-order chi connectivity index (χ0) is 18.7. The van der Waals surface area contributed by atoms with Crippen LogP contribution in [0.2, 0.25) is 0 Å². The monoisotopic (exact) mass is 376 g/mol. The summed E-state index contributed by atoms with van der Waals surface area (Å²) in [6, 6.07) is 0. The van der Waals surface area contributed by atoms with Crippen molar-refractivity contribution in [2.45, 2.75) is 46.0 Å². The molecule has 0 spiro atoms. The van der Waals surface area contributed by atoms with Gasteiger partial charge in [-0.25, -0.2) is 4.98 Å². The molecule has 2 heterocycles. The van der Waals surface area contributed by atoms with Gasteiger partial charge < -0.3 is 15.6 Å². The molecule has 7 nitrogen and oxygen atoms in total. The van der Waals surface area contributed by atoms with E-state index in [9.17, 15) is 14.4 Å². The fraction of sp³-hybridized carbons (Fsp3) is 0.556. The van der Waals surface area contributed by atoms with Crippen molar-refractivity contribution in [1.29, 1.82) is 0 Å². The highest BCUT2D eigenvalue weighted by Gasteiger charge is 2.23. The zero-order valence-electron chi connectivity index (χ0n) is 15.1. The number of H-pyrrole nitrogens is 1. The van der Waals surface area contributed by atoms with Gasteiger partial charge in [-0.1, -0.05) is 6.92 Å². The van der Waals surface area contributed by atoms with Gasteiger partial charge in [0.15, 0.2) is 0 Å². The van der Waals surface area contributed by atoms with E-state index in [0.717, 1.165) is 35.0 Å². The smallest absolute Gasteiger partial charge is 0.259 e. The largest absolute Gasteiger partial charge is 0.355 e. The second kappa shape index (κ2) is 7.99. The SMILES string of the molecule is CCNC(=O)CNC(=O)CCc1nc2sc3c(c2c(=O)[nH]1)CC[C@H](C)C3. The van der Waals surface area contributed by atoms with E-state index in [0.29, 0.717) is 24.7 Å². The van der Waals surface area contributed by atoms with Gasteiger partial charge in [-0.05, 0) is 37.7 Å². The summed E-state index contributed by atoms with van der Waals surface area (Å²) in [5, 5.41) is 5.91. The number of fused-ring (bicyclic) bond motifs is 3. The molecule has 0 bridgehead atoms. The molecule has 0 fully saturated rings. The maximum Gasteiger partial charge on any atom is 0.259 e. The summed E-state index contributed by atoms with van der Waals surface area (Å²) in [5.74, 6) is 0.704. The number of aromatic nitrogens is 2. The van der Waals surface area contributed by atoms with E-state index in [1.807, 2.05) is 6.92 Å². The quantitative estimate of drug-likeness (QED) is 0.707. The normalized spacial score (nSPS) is 16.3. The molecule has 1 aliphatic rings. The Kier molecular flexibility index (Phi) is 5.70. The molecule has 0 radical (unpaired) electrons. The van der Waals surface area contributed by atoms with Crippen LogP contribution in [-0.2, 0) is 28.9 Å². The van der Waals surface area contributed by atoms with Crippen LogP contribution in [-0.4, -0.2) is 34.9 Å². The number of hydrogen-bond donors (Lipinski definition) is 3. The first kappa shape index (κ1) is 18.6. The Bertz CT molecular complexity index is 886. The number of rotatable bonds is 6. The molecule has 3 N–H and O–H groups in total. The van der Waals surface area contributed by atoms with Crippen LogP contribution < -0.4 is 16.2 Å². The van der Waals surface area contributed by atoms with Gasteiger partial charge in [0.05, 0.1) is 11.9 Å². The summed E-state index contributed by atoms with van der Waals surface area (Å²) in [4.78, 5) is 45.1. The highest BCUT2D eigenvalue weighted by molar-refractivity contribution is 7.18. The average Bonchev–Trinajstić information content (AvgIpc) is 2.96. The molecule has 1 atom stereocenters. The lowest BCUT2D eigenvalue weighted by Crippen LogP contribution is -2.36. The van der Waals surface area contributed by atoms with Crippen LogP contribution in [0.25, 0.3) is 10.2 Å². The Labute approximate surface area is 155 Å². The first-order chi connectivity index (χ1) is 12.5. The Morgan fingerprint density at radius 3 is 2.88 bits per heavy atom. The van der Waals surface area contributed by atoms with Crippen molar-refractivity contribution in [2.24, 2.45) is 5.92 Å². The predicted molar refractivity (Wildman–Crippen MR) is 101 cm³/mol. The maximum atomic E-state index is 12.5. The molecule has 0 aromatic carbocycles. The summed E-state index contributed by atoms with van der Waals surface area (Å²) in [6.45, 7) is 4.55. The summed E-state index contributed by atoms with van der Waals surface area (Å²) < 4.78 is 0. The van der Waals surface area contributed by atoms with E-state index in [2.05, 4.69) is 27.5 Å². The second-order valence-electron chi connectivity index (χ2n) is 6.77. The van der Waals surface area contributed by atoms with Crippen LogP contribution in [0.4, 0.5) is 0 Å². The molecule has 1 aliphatic carbocycles. The lowest BCUT2D eigenvalue weighted by atomic mass is 9.89. The number of hydrogen-bond acceptors (Lipinski definition) is 5. The standard InChI is InChI=1S/C18H24N4O3S/c1-3-19-15(24)9-20-14(23)7-6-13-21-17(25)16-11-5-4-10(2)8-12(11)26-18(16)22-13/h10H,3-9H2,1-2H3,(H,19,24)(H,20,23)(H,21,22,25)/t10-/m0/s1. The number of aromatic amines is 1. The van der Waals surface area contributed by atoms with Gasteiger partial charge in [-0.3, -0.25) is 14.4 Å². The number of aryl methyl sites for hydroxylation is 2. The summed E-state index contributed by atoms with van der Waals surface area (Å²) in [7, 11) is 0. The van der Waals surface area contributed by atoms with Gasteiger partial charge in [-0.15, -0.1) is 11.3 Å². The van der Waals surface area contributed by atoms with E-state index in [1.54, 1.807) is 11.3 Å². The second-order valence-corrected chi connectivity index (χ2v) is 7.86. The highest BCUT2D eigenvalue weighted by Crippen LogP contribution is 2.35. The minimum atomic E-state index is -0.238. The van der Waals surface area contributed by atoms with Crippen molar-refractivity contribution in [3.8, 4) is 0 Å². The van der Waals surface area contributed by atoms with Gasteiger partial charge in [0.25, 0.3) is 5.56 Å². The van der Waals surface area contributed by atoms with Crippen molar-refractivity contribution in [3.05, 3.63) is 26.6 Å². The minimum Gasteiger partial charge on any atom is -0.355 e. The van der Waals surface area contributed by atoms with E-state index < -0.39 is 0 Å². The van der Waals surface area contributed by atoms with Gasteiger partial charge in [0.1, 0.15) is 10.7 Å². The Balaban J connectivity index is 1.67. The van der Waals surface area contributed by atoms with Crippen molar-refractivity contribution in [2.75, 3.05) is 13.1 Å². The van der Waals surface area contributed by atoms with Crippen LogP contribution in [0.15, 0.2) is 4.79 Å². The number of likely N-dealkylation sites (N-methyl/N-ethyl adjacent to an activating group) is 1. The van der Waals surface area contributed by atoms with Gasteiger partial charge in [0.2, 0.25) is 11.8 Å². The third kappa shape index (κ3) is 4.12. The maximum absolute atomic E-state index is 12.5. The van der Waals surface area contributed by atoms with Crippen molar-refractivity contribution >= 4 is 33.4 Å². The van der Waals surface area contributed by atoms with Crippen molar-refractivity contribution in [1.82, 2.24) is 20.6 Å². The lowest BCUT2D eigenvalue weighted by Gasteiger charge is -2.17. The van der Waals surface area contributed by atoms with Gasteiger partial charge in [-0.2, -0.15) is 0 Å². The van der Waals surface area contributed by atoms with Crippen LogP contribution in [0, 0.1) is 5.92 Å². The van der Waals surface area contributed by atoms with Crippen LogP contribution >= 0.6 is 11.3 Å². The fourth-order valence-corrected chi connectivity index (χ4v) is 4.67. The van der Waals surface area contributed by atoms with Crippen LogP contribution in [0.5, 0.6) is 0 Å². The molecule has 0 saturated carbocycles. The van der Waals surface area contributed by atoms with Crippen LogP contribution in [0.1, 0.15) is 43.0 Å². The molecule has 2 aromatic rings. The molecule has 26 heavy (non-hydrogen) atoms. The first-order valence-corrected chi connectivity index (χ1v) is 9.86. The Morgan fingerprint density at radius 1 is 1.31 bits per heavy atom. The third-order valence-corrected chi connectivity index (χ3v) is 5.77. The summed E-state index contributed by atoms with van der Waals surface area (Å²) >= 11 is 1.60. The summed E-state index contributed by atoms with van der Waals surface area (Å²) in [6.07, 6.45) is 3.56. The molecular formula is C18H24N4O3S. The highest BCUT2D eigenvalue weighted by atomic mass is 32.1. The molecule has 0 unspecified atom stereocenters. The Morgan fingerprint density at radius 2 is 2.12 bits per heavy atom. The molecule has 3 rings (SSSR count). The number of carbonyl (C=O) groups excluding carboxylic acids is 2. The third-order valence-electron chi connectivity index (χ3n) is 4.62. The average molecular weight is 376 g/mol. The number of thiophene rings is 1. The molecule has 140 valence electrons. The number of amides is 2. The van der Waals surface area contributed by atoms with Gasteiger partial charge in [0, 0.05) is 24.3 Å². The predicted octanol–water partition coefficient (Wildman–Crippen LogP) is 1.29. The molecule has 2 amide bonds. The van der Waals surface area contributed by atoms with Gasteiger partial charge >= 0.3 is 0 Å². The van der Waals surface area contributed by atoms with Crippen LogP contribution in [0.3, 0.4) is 0 Å². The van der Waals surface area contributed by atoms with E-state index in [4.69, 9.17) is 0 Å². The molecular weight excluding hydrogens is 352 g/mol. The van der Waals surface area contributed by atoms with Crippen molar-refractivity contribution in [3.63, 3.8) is 0 Å². The topological polar surface area (TPSA) is 104 Å². The molecule has 2 aromatic heterocycles. The van der Waals surface area contributed by atoms with E-state index in [1.165, 1.54) is 4.88 Å². The molecule has 0 saturated heterocycles. The first-order valence-electron chi connectivity index (χ1n) is 9.04. The minimum absolute atomic E-state index is 0.0362. The number of carbonyl (C=O) groups is 2. The zero-order valence-corrected chi connectivity index (χ0v) is 15.9. The lowest BCUT2D eigenvalue weighted by molar-refractivity contribution is -0.126. The Hall–Kier alpha value is -2.22. The molecule has 0 aliphatic heterocycles. The summed E-state index contributed by atoms with van der Waals surface area (Å²) in [5.41, 5.74) is 1.04. The van der Waals surface area contributed by atoms with E-state index in [-0.39, 0.29) is 30.3 Å². The number of nitrogens with zero attached hydrogens (tertiary/aromatic N) is 1.